The predicted molar refractivity (Wildman–Crippen MR) is 98.0 cm³/mol. The SMILES string of the molecule is COc1ccccc1NC(=O)[C@@H]1COCC(=O)N1Cc1ccc(C)cc1. The fraction of sp³-hybridized carbons (Fsp3) is 0.300. The molecule has 0 unspecified atom stereocenters. The van der Waals surface area contributed by atoms with Crippen molar-refractivity contribution in [3.05, 3.63) is 59.7 Å². The van der Waals surface area contributed by atoms with Crippen molar-refractivity contribution in [1.29, 1.82) is 0 Å². The van der Waals surface area contributed by atoms with Gasteiger partial charge in [-0.1, -0.05) is 42.0 Å². The Bertz CT molecular complexity index is 789. The summed E-state index contributed by atoms with van der Waals surface area (Å²) < 4.78 is 10.6. The van der Waals surface area contributed by atoms with Crippen LogP contribution in [0, 0.1) is 6.92 Å². The third kappa shape index (κ3) is 4.03. The molecule has 0 aliphatic carbocycles. The lowest BCUT2D eigenvalue weighted by Gasteiger charge is -2.34. The van der Waals surface area contributed by atoms with Crippen molar-refractivity contribution in [1.82, 2.24) is 4.90 Å². The number of nitrogens with one attached hydrogen (secondary N) is 1. The van der Waals surface area contributed by atoms with E-state index in [0.29, 0.717) is 18.0 Å². The van der Waals surface area contributed by atoms with Gasteiger partial charge in [0.2, 0.25) is 11.8 Å². The summed E-state index contributed by atoms with van der Waals surface area (Å²) in [7, 11) is 1.54. The van der Waals surface area contributed by atoms with Crippen molar-refractivity contribution in [2.24, 2.45) is 0 Å². The highest BCUT2D eigenvalue weighted by atomic mass is 16.5. The van der Waals surface area contributed by atoms with E-state index in [1.807, 2.05) is 43.3 Å². The number of morpholine rings is 1. The number of methoxy groups -OCH3 is 1. The van der Waals surface area contributed by atoms with Crippen molar-refractivity contribution in [2.45, 2.75) is 19.5 Å². The van der Waals surface area contributed by atoms with Gasteiger partial charge in [-0.3, -0.25) is 9.59 Å². The lowest BCUT2D eigenvalue weighted by atomic mass is 10.1. The topological polar surface area (TPSA) is 67.9 Å². The molecule has 0 radical (unpaired) electrons. The molecule has 26 heavy (non-hydrogen) atoms. The van der Waals surface area contributed by atoms with Crippen molar-refractivity contribution in [2.75, 3.05) is 25.6 Å². The maximum atomic E-state index is 12.8. The van der Waals surface area contributed by atoms with E-state index in [2.05, 4.69) is 5.32 Å². The van der Waals surface area contributed by atoms with Crippen molar-refractivity contribution < 1.29 is 19.1 Å². The first-order valence-corrected chi connectivity index (χ1v) is 8.45. The molecule has 1 saturated heterocycles. The van der Waals surface area contributed by atoms with Gasteiger partial charge in [0.15, 0.2) is 0 Å². The molecule has 0 saturated carbocycles. The fourth-order valence-electron chi connectivity index (χ4n) is 2.87. The van der Waals surface area contributed by atoms with Crippen LogP contribution in [0.4, 0.5) is 5.69 Å². The molecule has 1 heterocycles. The Kier molecular flexibility index (Phi) is 5.53. The van der Waals surface area contributed by atoms with E-state index in [-0.39, 0.29) is 25.0 Å². The second-order valence-corrected chi connectivity index (χ2v) is 6.23. The Balaban J connectivity index is 1.77. The summed E-state index contributed by atoms with van der Waals surface area (Å²) in [5, 5.41) is 2.84. The highest BCUT2D eigenvalue weighted by Crippen LogP contribution is 2.24. The Morgan fingerprint density at radius 1 is 1.23 bits per heavy atom. The number of aryl methyl sites for hydroxylation is 1. The Hall–Kier alpha value is -2.86. The molecule has 1 fully saturated rings. The Morgan fingerprint density at radius 2 is 1.96 bits per heavy atom. The minimum absolute atomic E-state index is 0.00962. The van der Waals surface area contributed by atoms with Crippen molar-refractivity contribution in [3.8, 4) is 5.75 Å². The number of rotatable bonds is 5. The largest absolute Gasteiger partial charge is 0.495 e. The highest BCUT2D eigenvalue weighted by Gasteiger charge is 2.34. The van der Waals surface area contributed by atoms with Crippen molar-refractivity contribution in [3.63, 3.8) is 0 Å². The molecule has 136 valence electrons. The molecule has 1 atom stereocenters. The number of carbonyl (C=O) groups is 2. The summed E-state index contributed by atoms with van der Waals surface area (Å²) in [5.41, 5.74) is 2.68. The molecule has 2 aromatic rings. The molecular formula is C20H22N2O4. The number of ether oxygens (including phenoxy) is 2. The highest BCUT2D eigenvalue weighted by molar-refractivity contribution is 5.98. The first kappa shape index (κ1) is 17.9. The average Bonchev–Trinajstić information content (AvgIpc) is 2.65. The van der Waals surface area contributed by atoms with E-state index in [0.717, 1.165) is 11.1 Å². The minimum Gasteiger partial charge on any atom is -0.495 e. The lowest BCUT2D eigenvalue weighted by molar-refractivity contribution is -0.154. The van der Waals surface area contributed by atoms with Gasteiger partial charge in [0.25, 0.3) is 0 Å². The molecule has 1 aliphatic rings. The molecule has 1 aliphatic heterocycles. The van der Waals surface area contributed by atoms with Crippen molar-refractivity contribution >= 4 is 17.5 Å². The first-order chi connectivity index (χ1) is 12.6. The maximum absolute atomic E-state index is 12.8. The minimum atomic E-state index is -0.692. The standard InChI is InChI=1S/C20H22N2O4/c1-14-7-9-15(10-8-14)11-22-17(12-26-13-19(22)23)20(24)21-16-5-3-4-6-18(16)25-2/h3-10,17H,11-13H2,1-2H3,(H,21,24)/t17-/m0/s1. The van der Waals surface area contributed by atoms with E-state index in [1.54, 1.807) is 24.1 Å². The normalized spacial score (nSPS) is 17.1. The van der Waals surface area contributed by atoms with Gasteiger partial charge in [0.05, 0.1) is 19.4 Å². The van der Waals surface area contributed by atoms with Crippen LogP contribution in [0.3, 0.4) is 0 Å². The zero-order chi connectivity index (χ0) is 18.5. The Labute approximate surface area is 152 Å². The van der Waals surface area contributed by atoms with Crippen LogP contribution in [0.15, 0.2) is 48.5 Å². The smallest absolute Gasteiger partial charge is 0.249 e. The van der Waals surface area contributed by atoms with Crippen LogP contribution in [0.25, 0.3) is 0 Å². The van der Waals surface area contributed by atoms with Crippen LogP contribution >= 0.6 is 0 Å². The third-order valence-electron chi connectivity index (χ3n) is 4.34. The zero-order valence-corrected chi connectivity index (χ0v) is 14.9. The van der Waals surface area contributed by atoms with Gasteiger partial charge in [-0.2, -0.15) is 0 Å². The average molecular weight is 354 g/mol. The molecule has 0 aromatic heterocycles. The summed E-state index contributed by atoms with van der Waals surface area (Å²) in [4.78, 5) is 26.7. The molecule has 6 heteroatoms. The first-order valence-electron chi connectivity index (χ1n) is 8.45. The molecule has 1 N–H and O–H groups in total. The molecule has 3 rings (SSSR count). The van der Waals surface area contributed by atoms with Crippen LogP contribution in [0.1, 0.15) is 11.1 Å². The number of hydrogen-bond acceptors (Lipinski definition) is 4. The van der Waals surface area contributed by atoms with Gasteiger partial charge in [-0.15, -0.1) is 0 Å². The summed E-state index contributed by atoms with van der Waals surface area (Å²) >= 11 is 0. The van der Waals surface area contributed by atoms with Gasteiger partial charge < -0.3 is 19.7 Å². The second kappa shape index (κ2) is 8.01. The number of carbonyl (C=O) groups excluding carboxylic acids is 2. The molecule has 2 amide bonds. The summed E-state index contributed by atoms with van der Waals surface area (Å²) in [6, 6.07) is 14.4. The molecular weight excluding hydrogens is 332 g/mol. The van der Waals surface area contributed by atoms with Crippen LogP contribution in [-0.2, 0) is 20.9 Å². The zero-order valence-electron chi connectivity index (χ0n) is 14.9. The van der Waals surface area contributed by atoms with Crippen LogP contribution in [-0.4, -0.2) is 43.1 Å². The third-order valence-corrected chi connectivity index (χ3v) is 4.34. The second-order valence-electron chi connectivity index (χ2n) is 6.23. The van der Waals surface area contributed by atoms with Gasteiger partial charge in [-0.05, 0) is 24.6 Å². The lowest BCUT2D eigenvalue weighted by Crippen LogP contribution is -2.54. The van der Waals surface area contributed by atoms with E-state index in [4.69, 9.17) is 9.47 Å². The quantitative estimate of drug-likeness (QED) is 0.895. The molecule has 2 aromatic carbocycles. The maximum Gasteiger partial charge on any atom is 0.249 e. The van der Waals surface area contributed by atoms with Crippen LogP contribution < -0.4 is 10.1 Å². The number of hydrogen-bond donors (Lipinski definition) is 1. The predicted octanol–water partition coefficient (Wildman–Crippen LogP) is 2.37. The van der Waals surface area contributed by atoms with Crippen LogP contribution in [0.2, 0.25) is 0 Å². The number of para-hydroxylation sites is 2. The molecule has 6 nitrogen and oxygen atoms in total. The molecule has 0 spiro atoms. The van der Waals surface area contributed by atoms with Crippen LogP contribution in [0.5, 0.6) is 5.75 Å². The van der Waals surface area contributed by atoms with E-state index in [1.165, 1.54) is 0 Å². The Morgan fingerprint density at radius 3 is 2.69 bits per heavy atom. The number of amides is 2. The van der Waals surface area contributed by atoms with Gasteiger partial charge >= 0.3 is 0 Å². The van der Waals surface area contributed by atoms with E-state index in [9.17, 15) is 9.59 Å². The van der Waals surface area contributed by atoms with Gasteiger partial charge in [0, 0.05) is 6.54 Å². The molecule has 0 bridgehead atoms. The summed E-state index contributed by atoms with van der Waals surface area (Å²) in [6.45, 7) is 2.53. The number of anilines is 1. The van der Waals surface area contributed by atoms with Gasteiger partial charge in [-0.25, -0.2) is 0 Å². The number of nitrogens with zero attached hydrogens (tertiary/aromatic N) is 1. The summed E-state index contributed by atoms with van der Waals surface area (Å²) in [6.07, 6.45) is 0. The van der Waals surface area contributed by atoms with Gasteiger partial charge in [0.1, 0.15) is 18.4 Å². The number of benzene rings is 2. The van der Waals surface area contributed by atoms with E-state index >= 15 is 0 Å². The monoisotopic (exact) mass is 354 g/mol. The van der Waals surface area contributed by atoms with E-state index < -0.39 is 6.04 Å². The fourth-order valence-corrected chi connectivity index (χ4v) is 2.87. The summed E-state index contributed by atoms with van der Waals surface area (Å²) in [5.74, 6) is 0.0700.